The maximum Gasteiger partial charge on any atom is 0.407 e. The van der Waals surface area contributed by atoms with E-state index in [0.29, 0.717) is 13.1 Å². The lowest BCUT2D eigenvalue weighted by atomic mass is 10.0. The Kier molecular flexibility index (Phi) is 16.6. The first kappa shape index (κ1) is 23.3. The first-order chi connectivity index (χ1) is 8.74. The molecule has 3 N–H and O–H groups in total. The lowest BCUT2D eigenvalue weighted by Gasteiger charge is -2.23. The summed E-state index contributed by atoms with van der Waals surface area (Å²) in [6.45, 7) is 12.0. The van der Waals surface area contributed by atoms with E-state index < -0.39 is 5.60 Å². The maximum atomic E-state index is 11.5. The number of hydrogen-bond donors (Lipinski definition) is 2. The van der Waals surface area contributed by atoms with Crippen molar-refractivity contribution in [3.05, 3.63) is 0 Å². The van der Waals surface area contributed by atoms with E-state index in [4.69, 9.17) is 4.74 Å². The van der Waals surface area contributed by atoms with Gasteiger partial charge in [0.2, 0.25) is 0 Å². The standard InChI is InChI=1S/C12H25NO2.CH3F.CH5N/c1-7-10(8-9(2)3)13-11(14)15-12(4,5)6;2*1-2/h9-10H,7-8H2,1-6H3,(H,13,14);1H3;2H2,1H3. The Labute approximate surface area is 118 Å². The Bertz CT molecular complexity index is 204. The SMILES string of the molecule is CCC(CC(C)C)NC(=O)OC(C)(C)C.CF.CN. The number of alkyl carbamates (subject to hydrolysis) is 1. The minimum atomic E-state index is -0.416. The number of amides is 1. The van der Waals surface area contributed by atoms with Crippen LogP contribution >= 0.6 is 0 Å². The molecule has 1 amide bonds. The number of ether oxygens (including phenoxy) is 1. The zero-order valence-electron chi connectivity index (χ0n) is 13.8. The van der Waals surface area contributed by atoms with Gasteiger partial charge in [0.15, 0.2) is 0 Å². The number of nitrogens with one attached hydrogen (secondary N) is 1. The molecule has 1 unspecified atom stereocenters. The number of carbonyl (C=O) groups is 1. The maximum absolute atomic E-state index is 11.5. The molecule has 19 heavy (non-hydrogen) atoms. The van der Waals surface area contributed by atoms with Crippen molar-refractivity contribution in [3.8, 4) is 0 Å². The van der Waals surface area contributed by atoms with Crippen molar-refractivity contribution in [2.45, 2.75) is 66.0 Å². The third kappa shape index (κ3) is 19.7. The molecule has 0 fully saturated rings. The van der Waals surface area contributed by atoms with Crippen LogP contribution in [0.5, 0.6) is 0 Å². The molecule has 118 valence electrons. The normalized spacial score (nSPS) is 11.5. The van der Waals surface area contributed by atoms with Crippen molar-refractivity contribution in [2.75, 3.05) is 14.2 Å². The molecule has 0 radical (unpaired) electrons. The molecule has 0 aromatic rings. The van der Waals surface area contributed by atoms with Gasteiger partial charge in [0, 0.05) is 6.04 Å². The highest BCUT2D eigenvalue weighted by Gasteiger charge is 2.18. The Hall–Kier alpha value is -0.840. The molecule has 0 aliphatic rings. The van der Waals surface area contributed by atoms with E-state index >= 15 is 0 Å². The van der Waals surface area contributed by atoms with Gasteiger partial charge in [-0.3, -0.25) is 4.39 Å². The average molecular weight is 280 g/mol. The minimum Gasteiger partial charge on any atom is -0.444 e. The third-order valence-corrected chi connectivity index (χ3v) is 1.97. The highest BCUT2D eigenvalue weighted by molar-refractivity contribution is 5.68. The van der Waals surface area contributed by atoms with Gasteiger partial charge in [0.05, 0.1) is 7.18 Å². The second-order valence-electron chi connectivity index (χ2n) is 5.38. The number of alkyl halides is 1. The predicted octanol–water partition coefficient (Wildman–Crippen LogP) is 3.50. The van der Waals surface area contributed by atoms with Gasteiger partial charge in [-0.25, -0.2) is 4.79 Å². The van der Waals surface area contributed by atoms with Gasteiger partial charge in [0.25, 0.3) is 0 Å². The van der Waals surface area contributed by atoms with E-state index in [2.05, 4.69) is 31.8 Å². The summed E-state index contributed by atoms with van der Waals surface area (Å²) in [5.74, 6) is 0.588. The van der Waals surface area contributed by atoms with Gasteiger partial charge >= 0.3 is 6.09 Å². The first-order valence-corrected chi connectivity index (χ1v) is 6.69. The highest BCUT2D eigenvalue weighted by atomic mass is 19.1. The van der Waals surface area contributed by atoms with Gasteiger partial charge in [-0.1, -0.05) is 20.8 Å². The fourth-order valence-corrected chi connectivity index (χ4v) is 1.37. The van der Waals surface area contributed by atoms with Crippen LogP contribution in [0, 0.1) is 5.92 Å². The topological polar surface area (TPSA) is 64.3 Å². The highest BCUT2D eigenvalue weighted by Crippen LogP contribution is 2.10. The largest absolute Gasteiger partial charge is 0.444 e. The molecule has 0 bridgehead atoms. The van der Waals surface area contributed by atoms with Crippen molar-refractivity contribution in [1.29, 1.82) is 0 Å². The average Bonchev–Trinajstić information content (AvgIpc) is 2.30. The number of nitrogens with two attached hydrogens (primary N) is 1. The number of halogens is 1. The van der Waals surface area contributed by atoms with E-state index in [1.165, 1.54) is 7.05 Å². The quantitative estimate of drug-likeness (QED) is 0.828. The summed E-state index contributed by atoms with van der Waals surface area (Å²) in [5.41, 5.74) is 4.08. The minimum absolute atomic E-state index is 0.222. The summed E-state index contributed by atoms with van der Waals surface area (Å²) in [7, 11) is 2.00. The van der Waals surface area contributed by atoms with E-state index in [1.54, 1.807) is 0 Å². The fraction of sp³-hybridized carbons (Fsp3) is 0.929. The number of hydrogen-bond acceptors (Lipinski definition) is 3. The van der Waals surface area contributed by atoms with Crippen LogP contribution in [0.3, 0.4) is 0 Å². The lowest BCUT2D eigenvalue weighted by Crippen LogP contribution is -2.39. The zero-order chi connectivity index (χ0) is 16.1. The van der Waals surface area contributed by atoms with E-state index in [9.17, 15) is 9.18 Å². The monoisotopic (exact) mass is 280 g/mol. The molecule has 0 rings (SSSR count). The van der Waals surface area contributed by atoms with Crippen molar-refractivity contribution < 1.29 is 13.9 Å². The van der Waals surface area contributed by atoms with Gasteiger partial charge < -0.3 is 15.8 Å². The second-order valence-corrected chi connectivity index (χ2v) is 5.38. The molecule has 4 nitrogen and oxygen atoms in total. The van der Waals surface area contributed by atoms with Crippen LogP contribution in [-0.2, 0) is 4.74 Å². The van der Waals surface area contributed by atoms with Crippen LogP contribution in [0.4, 0.5) is 9.18 Å². The van der Waals surface area contributed by atoms with Crippen LogP contribution in [0.1, 0.15) is 54.4 Å². The molecular formula is C14H33FN2O2. The summed E-state index contributed by atoms with van der Waals surface area (Å²) in [6.07, 6.45) is 1.63. The molecule has 0 saturated carbocycles. The summed E-state index contributed by atoms with van der Waals surface area (Å²) in [4.78, 5) is 11.5. The van der Waals surface area contributed by atoms with Gasteiger partial charge in [-0.15, -0.1) is 0 Å². The van der Waals surface area contributed by atoms with Gasteiger partial charge in [0.1, 0.15) is 5.60 Å². The van der Waals surface area contributed by atoms with Crippen LogP contribution in [0.15, 0.2) is 0 Å². The summed E-state index contributed by atoms with van der Waals surface area (Å²) < 4.78 is 14.7. The van der Waals surface area contributed by atoms with Crippen LogP contribution < -0.4 is 11.1 Å². The summed E-state index contributed by atoms with van der Waals surface area (Å²) in [6, 6.07) is 0.222. The van der Waals surface area contributed by atoms with Crippen LogP contribution in [-0.4, -0.2) is 32.0 Å². The molecule has 0 aliphatic heterocycles. The Morgan fingerprint density at radius 2 is 1.68 bits per heavy atom. The predicted molar refractivity (Wildman–Crippen MR) is 80.0 cm³/mol. The zero-order valence-corrected chi connectivity index (χ0v) is 13.8. The van der Waals surface area contributed by atoms with Crippen LogP contribution in [0.25, 0.3) is 0 Å². The molecular weight excluding hydrogens is 247 g/mol. The van der Waals surface area contributed by atoms with Crippen molar-refractivity contribution in [3.63, 3.8) is 0 Å². The van der Waals surface area contributed by atoms with Crippen molar-refractivity contribution >= 4 is 6.09 Å². The first-order valence-electron chi connectivity index (χ1n) is 6.69. The molecule has 0 saturated heterocycles. The fourth-order valence-electron chi connectivity index (χ4n) is 1.37. The lowest BCUT2D eigenvalue weighted by molar-refractivity contribution is 0.0497. The smallest absolute Gasteiger partial charge is 0.407 e. The summed E-state index contributed by atoms with van der Waals surface area (Å²) >= 11 is 0. The van der Waals surface area contributed by atoms with Gasteiger partial charge in [-0.05, 0) is 46.6 Å². The molecule has 0 heterocycles. The van der Waals surface area contributed by atoms with Gasteiger partial charge in [-0.2, -0.15) is 0 Å². The molecule has 0 spiro atoms. The number of rotatable bonds is 4. The number of carbonyl (C=O) groups excluding carboxylic acids is 1. The molecule has 0 aromatic carbocycles. The van der Waals surface area contributed by atoms with E-state index in [1.807, 2.05) is 20.8 Å². The summed E-state index contributed by atoms with van der Waals surface area (Å²) in [5, 5.41) is 2.89. The van der Waals surface area contributed by atoms with Crippen LogP contribution in [0.2, 0.25) is 0 Å². The van der Waals surface area contributed by atoms with Crippen molar-refractivity contribution in [1.82, 2.24) is 5.32 Å². The van der Waals surface area contributed by atoms with E-state index in [0.717, 1.165) is 12.8 Å². The Balaban J connectivity index is -0.000000579. The Morgan fingerprint density at radius 1 is 1.26 bits per heavy atom. The Morgan fingerprint density at radius 3 is 1.95 bits per heavy atom. The molecule has 0 aliphatic carbocycles. The van der Waals surface area contributed by atoms with E-state index in [-0.39, 0.29) is 12.1 Å². The second kappa shape index (κ2) is 13.6. The molecule has 0 aromatic heterocycles. The molecule has 1 atom stereocenters. The van der Waals surface area contributed by atoms with Crippen molar-refractivity contribution in [2.24, 2.45) is 11.7 Å². The molecule has 5 heteroatoms. The third-order valence-electron chi connectivity index (χ3n) is 1.97.